The van der Waals surface area contributed by atoms with Gasteiger partial charge in [-0.3, -0.25) is 4.79 Å². The number of aryl methyl sites for hydroxylation is 1. The Hall–Kier alpha value is -2.89. The summed E-state index contributed by atoms with van der Waals surface area (Å²) in [7, 11) is 4.68. The van der Waals surface area contributed by atoms with E-state index in [1.54, 1.807) is 14.2 Å². The first-order chi connectivity index (χ1) is 12.7. The molecule has 3 aromatic rings. The van der Waals surface area contributed by atoms with Crippen LogP contribution in [0.3, 0.4) is 0 Å². The number of esters is 1. The normalized spacial score (nSPS) is 16.3. The minimum atomic E-state index is -0.177. The van der Waals surface area contributed by atoms with E-state index in [-0.39, 0.29) is 11.9 Å². The minimum Gasteiger partial charge on any atom is -0.494 e. The van der Waals surface area contributed by atoms with E-state index in [4.69, 9.17) is 24.2 Å². The highest BCUT2D eigenvalue weighted by Crippen LogP contribution is 2.38. The lowest BCUT2D eigenvalue weighted by molar-refractivity contribution is -0.145. The Morgan fingerprint density at radius 2 is 1.92 bits per heavy atom. The largest absolute Gasteiger partial charge is 0.494 e. The third-order valence-electron chi connectivity index (χ3n) is 5.04. The van der Waals surface area contributed by atoms with Crippen LogP contribution in [-0.4, -0.2) is 37.3 Å². The number of fused-ring (bicyclic) bond motifs is 3. The van der Waals surface area contributed by atoms with Crippen molar-refractivity contribution in [2.75, 3.05) is 21.3 Å². The van der Waals surface area contributed by atoms with Crippen molar-refractivity contribution in [2.24, 2.45) is 5.92 Å². The topological polar surface area (TPSA) is 70.5 Å². The van der Waals surface area contributed by atoms with Crippen LogP contribution >= 0.6 is 0 Å². The fraction of sp³-hybridized carbons (Fsp3) is 0.350. The third kappa shape index (κ3) is 2.53. The van der Waals surface area contributed by atoms with Crippen LogP contribution in [0.4, 0.5) is 0 Å². The highest BCUT2D eigenvalue weighted by atomic mass is 16.5. The molecule has 6 nitrogen and oxygen atoms in total. The van der Waals surface area contributed by atoms with E-state index in [2.05, 4.69) is 6.07 Å². The summed E-state index contributed by atoms with van der Waals surface area (Å²) in [5, 5.41) is 0. The fourth-order valence-corrected chi connectivity index (χ4v) is 3.75. The lowest BCUT2D eigenvalue weighted by Gasteiger charge is -2.25. The molecule has 1 aliphatic rings. The van der Waals surface area contributed by atoms with Crippen molar-refractivity contribution < 1.29 is 19.0 Å². The molecule has 0 bridgehead atoms. The first-order valence-corrected chi connectivity index (χ1v) is 8.57. The number of para-hydroxylation sites is 1. The lowest BCUT2D eigenvalue weighted by Crippen LogP contribution is -2.24. The Kier molecular flexibility index (Phi) is 4.11. The first-order valence-electron chi connectivity index (χ1n) is 8.57. The molecule has 26 heavy (non-hydrogen) atoms. The second-order valence-electron chi connectivity index (χ2n) is 6.43. The van der Waals surface area contributed by atoms with Crippen LogP contribution in [0, 0.1) is 5.92 Å². The molecule has 0 amide bonds. The molecule has 0 spiro atoms. The minimum absolute atomic E-state index is 0.151. The zero-order chi connectivity index (χ0) is 18.3. The number of rotatable bonds is 3. The summed E-state index contributed by atoms with van der Waals surface area (Å²) in [6.45, 7) is 0. The molecule has 1 aliphatic carbocycles. The van der Waals surface area contributed by atoms with Crippen molar-refractivity contribution in [3.05, 3.63) is 35.4 Å². The fourth-order valence-electron chi connectivity index (χ4n) is 3.75. The first kappa shape index (κ1) is 16.6. The maximum atomic E-state index is 12.0. The molecule has 0 saturated carbocycles. The predicted molar refractivity (Wildman–Crippen MR) is 97.7 cm³/mol. The third-order valence-corrected chi connectivity index (χ3v) is 5.04. The highest BCUT2D eigenvalue weighted by molar-refractivity contribution is 5.93. The summed E-state index contributed by atoms with van der Waals surface area (Å²) >= 11 is 0. The van der Waals surface area contributed by atoms with Crippen LogP contribution in [0.5, 0.6) is 11.5 Å². The Balaban J connectivity index is 1.95. The van der Waals surface area contributed by atoms with E-state index in [9.17, 15) is 4.79 Å². The molecular weight excluding hydrogens is 332 g/mol. The maximum absolute atomic E-state index is 12.0. The van der Waals surface area contributed by atoms with Gasteiger partial charge in [0, 0.05) is 5.56 Å². The van der Waals surface area contributed by atoms with E-state index in [0.717, 1.165) is 35.0 Å². The number of hydrogen-bond acceptors (Lipinski definition) is 6. The number of nitrogens with zero attached hydrogens (tertiary/aromatic N) is 2. The van der Waals surface area contributed by atoms with Gasteiger partial charge in [-0.15, -0.1) is 0 Å². The molecule has 4 rings (SSSR count). The Morgan fingerprint density at radius 3 is 2.65 bits per heavy atom. The van der Waals surface area contributed by atoms with E-state index < -0.39 is 0 Å². The second kappa shape index (κ2) is 6.44. The van der Waals surface area contributed by atoms with Crippen LogP contribution in [0.15, 0.2) is 24.3 Å². The molecule has 2 aromatic carbocycles. The summed E-state index contributed by atoms with van der Waals surface area (Å²) in [5.41, 5.74) is 5.13. The van der Waals surface area contributed by atoms with Crippen molar-refractivity contribution in [2.45, 2.75) is 19.3 Å². The molecule has 0 radical (unpaired) electrons. The van der Waals surface area contributed by atoms with Gasteiger partial charge in [-0.1, -0.05) is 6.07 Å². The molecule has 134 valence electrons. The van der Waals surface area contributed by atoms with Gasteiger partial charge >= 0.3 is 5.97 Å². The van der Waals surface area contributed by atoms with Crippen molar-refractivity contribution in [1.82, 2.24) is 9.97 Å². The van der Waals surface area contributed by atoms with Gasteiger partial charge in [0.15, 0.2) is 0 Å². The molecule has 0 aliphatic heterocycles. The van der Waals surface area contributed by atoms with E-state index in [1.165, 1.54) is 7.11 Å². The predicted octanol–water partition coefficient (Wildman–Crippen LogP) is 3.08. The van der Waals surface area contributed by atoms with Gasteiger partial charge in [0.25, 0.3) is 0 Å². The van der Waals surface area contributed by atoms with Gasteiger partial charge in [0.1, 0.15) is 22.5 Å². The molecule has 0 fully saturated rings. The average molecular weight is 352 g/mol. The van der Waals surface area contributed by atoms with Crippen LogP contribution in [0.25, 0.3) is 22.1 Å². The SMILES string of the molecule is COC(=O)C1CCc2cc3nc4cccc(OC)c4nc3c(OC)c2C1. The smallest absolute Gasteiger partial charge is 0.309 e. The molecule has 1 aromatic heterocycles. The lowest BCUT2D eigenvalue weighted by atomic mass is 9.83. The van der Waals surface area contributed by atoms with Crippen molar-refractivity contribution in [3.8, 4) is 11.5 Å². The number of methoxy groups -OCH3 is 3. The Morgan fingerprint density at radius 1 is 1.08 bits per heavy atom. The van der Waals surface area contributed by atoms with Crippen LogP contribution in [0.1, 0.15) is 17.5 Å². The van der Waals surface area contributed by atoms with Gasteiger partial charge in [-0.25, -0.2) is 9.97 Å². The van der Waals surface area contributed by atoms with Gasteiger partial charge in [0.05, 0.1) is 38.3 Å². The molecule has 6 heteroatoms. The summed E-state index contributed by atoms with van der Waals surface area (Å²) in [6, 6.07) is 7.75. The molecule has 0 N–H and O–H groups in total. The molecule has 1 unspecified atom stereocenters. The summed E-state index contributed by atoms with van der Waals surface area (Å²) < 4.78 is 16.1. The van der Waals surface area contributed by atoms with Crippen molar-refractivity contribution in [3.63, 3.8) is 0 Å². The number of carbonyl (C=O) groups excluding carboxylic acids is 1. The second-order valence-corrected chi connectivity index (χ2v) is 6.43. The van der Waals surface area contributed by atoms with Crippen LogP contribution in [-0.2, 0) is 22.4 Å². The van der Waals surface area contributed by atoms with E-state index >= 15 is 0 Å². The molecule has 1 atom stereocenters. The standard InChI is InChI=1S/C20H20N2O4/c1-24-16-6-4-5-14-17(16)22-18-15(21-14)10-11-7-8-12(20(23)26-3)9-13(11)19(18)25-2/h4-6,10,12H,7-9H2,1-3H3. The Labute approximate surface area is 151 Å². The molecule has 1 heterocycles. The van der Waals surface area contributed by atoms with Gasteiger partial charge < -0.3 is 14.2 Å². The van der Waals surface area contributed by atoms with Crippen molar-refractivity contribution in [1.29, 1.82) is 0 Å². The highest BCUT2D eigenvalue weighted by Gasteiger charge is 2.29. The average Bonchev–Trinajstić information content (AvgIpc) is 2.69. The zero-order valence-corrected chi connectivity index (χ0v) is 15.0. The number of benzene rings is 2. The summed E-state index contributed by atoms with van der Waals surface area (Å²) in [6.07, 6.45) is 2.15. The quantitative estimate of drug-likeness (QED) is 0.533. The van der Waals surface area contributed by atoms with Crippen LogP contribution < -0.4 is 9.47 Å². The monoisotopic (exact) mass is 352 g/mol. The van der Waals surface area contributed by atoms with E-state index in [1.807, 2.05) is 18.2 Å². The number of carbonyl (C=O) groups is 1. The van der Waals surface area contributed by atoms with Gasteiger partial charge in [-0.05, 0) is 43.0 Å². The molecule has 0 saturated heterocycles. The number of aromatic nitrogens is 2. The van der Waals surface area contributed by atoms with Gasteiger partial charge in [-0.2, -0.15) is 0 Å². The number of ether oxygens (including phenoxy) is 3. The van der Waals surface area contributed by atoms with Gasteiger partial charge in [0.2, 0.25) is 0 Å². The van der Waals surface area contributed by atoms with E-state index in [0.29, 0.717) is 29.0 Å². The summed E-state index contributed by atoms with van der Waals surface area (Å²) in [5.74, 6) is 1.03. The zero-order valence-electron chi connectivity index (χ0n) is 15.0. The maximum Gasteiger partial charge on any atom is 0.309 e. The number of hydrogen-bond donors (Lipinski definition) is 0. The summed E-state index contributed by atoms with van der Waals surface area (Å²) in [4.78, 5) is 21.5. The molecular formula is C20H20N2O4. The Bertz CT molecular complexity index is 1020. The van der Waals surface area contributed by atoms with Crippen molar-refractivity contribution >= 4 is 28.0 Å². The van der Waals surface area contributed by atoms with Crippen LogP contribution in [0.2, 0.25) is 0 Å².